The number of piperidine rings is 1. The molecule has 0 unspecified atom stereocenters. The standard InChI is InChI=1S/C21H27N3O4S/c1-3-28-21(27)14-8-7-10-23(12-14)20(26)17-13(2)16-18(29-17)22-15-9-5-4-6-11-24(15)19(16)25/h14H,3-12H2,1-2H3/t14-/m1/s1. The minimum atomic E-state index is -0.276. The van der Waals surface area contributed by atoms with Crippen molar-refractivity contribution in [2.45, 2.75) is 58.9 Å². The van der Waals surface area contributed by atoms with E-state index in [1.54, 1.807) is 16.4 Å². The number of amides is 1. The zero-order chi connectivity index (χ0) is 20.5. The Hall–Kier alpha value is -2.22. The van der Waals surface area contributed by atoms with Gasteiger partial charge in [0.1, 0.15) is 10.7 Å². The number of carbonyl (C=O) groups is 2. The fourth-order valence-electron chi connectivity index (χ4n) is 4.37. The number of likely N-dealkylation sites (tertiary alicyclic amines) is 1. The quantitative estimate of drug-likeness (QED) is 0.718. The third-order valence-electron chi connectivity index (χ3n) is 5.93. The Morgan fingerprint density at radius 2 is 2.03 bits per heavy atom. The Bertz CT molecular complexity index is 1010. The molecule has 0 saturated carbocycles. The maximum absolute atomic E-state index is 13.3. The van der Waals surface area contributed by atoms with Gasteiger partial charge in [-0.2, -0.15) is 0 Å². The molecule has 8 heteroatoms. The van der Waals surface area contributed by atoms with E-state index in [0.29, 0.717) is 46.9 Å². The molecule has 0 bridgehead atoms. The highest BCUT2D eigenvalue weighted by molar-refractivity contribution is 7.20. The van der Waals surface area contributed by atoms with Gasteiger partial charge in [-0.15, -0.1) is 11.3 Å². The van der Waals surface area contributed by atoms with Crippen molar-refractivity contribution in [3.8, 4) is 0 Å². The Morgan fingerprint density at radius 1 is 1.21 bits per heavy atom. The number of fused-ring (bicyclic) bond motifs is 2. The number of hydrogen-bond donors (Lipinski definition) is 0. The fourth-order valence-corrected chi connectivity index (χ4v) is 5.53. The molecule has 1 atom stereocenters. The first-order valence-corrected chi connectivity index (χ1v) is 11.3. The lowest BCUT2D eigenvalue weighted by Gasteiger charge is -2.31. The van der Waals surface area contributed by atoms with E-state index < -0.39 is 0 Å². The molecule has 0 aliphatic carbocycles. The number of nitrogens with zero attached hydrogens (tertiary/aromatic N) is 3. The van der Waals surface area contributed by atoms with Crippen molar-refractivity contribution in [2.24, 2.45) is 5.92 Å². The molecule has 4 heterocycles. The molecule has 4 rings (SSSR count). The maximum Gasteiger partial charge on any atom is 0.310 e. The monoisotopic (exact) mass is 417 g/mol. The van der Waals surface area contributed by atoms with E-state index in [-0.39, 0.29) is 23.4 Å². The van der Waals surface area contributed by atoms with Crippen LogP contribution in [-0.2, 0) is 22.5 Å². The molecular formula is C21H27N3O4S. The van der Waals surface area contributed by atoms with E-state index in [9.17, 15) is 14.4 Å². The van der Waals surface area contributed by atoms with Gasteiger partial charge in [0.2, 0.25) is 0 Å². The second-order valence-corrected chi connectivity index (χ2v) is 8.87. The molecule has 7 nitrogen and oxygen atoms in total. The molecule has 0 N–H and O–H groups in total. The molecular weight excluding hydrogens is 390 g/mol. The topological polar surface area (TPSA) is 81.5 Å². The predicted octanol–water partition coefficient (Wildman–Crippen LogP) is 2.91. The smallest absolute Gasteiger partial charge is 0.310 e. The van der Waals surface area contributed by atoms with Gasteiger partial charge in [-0.1, -0.05) is 6.42 Å². The van der Waals surface area contributed by atoms with E-state index in [0.717, 1.165) is 44.3 Å². The van der Waals surface area contributed by atoms with Gasteiger partial charge in [-0.25, -0.2) is 4.98 Å². The van der Waals surface area contributed by atoms with Gasteiger partial charge in [-0.05, 0) is 45.1 Å². The molecule has 2 aromatic heterocycles. The Labute approximate surface area is 173 Å². The molecule has 1 fully saturated rings. The minimum Gasteiger partial charge on any atom is -0.466 e. The zero-order valence-corrected chi connectivity index (χ0v) is 17.8. The van der Waals surface area contributed by atoms with Gasteiger partial charge in [0.15, 0.2) is 0 Å². The summed E-state index contributed by atoms with van der Waals surface area (Å²) in [5.74, 6) is 0.212. The average molecular weight is 418 g/mol. The lowest BCUT2D eigenvalue weighted by atomic mass is 9.98. The van der Waals surface area contributed by atoms with Crippen LogP contribution in [0.3, 0.4) is 0 Å². The third-order valence-corrected chi connectivity index (χ3v) is 7.11. The fraction of sp³-hybridized carbons (Fsp3) is 0.619. The first-order valence-electron chi connectivity index (χ1n) is 10.5. The van der Waals surface area contributed by atoms with Crippen molar-refractivity contribution in [1.82, 2.24) is 14.5 Å². The van der Waals surface area contributed by atoms with Gasteiger partial charge in [0.05, 0.1) is 22.8 Å². The molecule has 0 radical (unpaired) electrons. The highest BCUT2D eigenvalue weighted by Gasteiger charge is 2.32. The molecule has 2 aromatic rings. The number of carbonyl (C=O) groups excluding carboxylic acids is 2. The van der Waals surface area contributed by atoms with Crippen LogP contribution in [0.5, 0.6) is 0 Å². The number of rotatable bonds is 3. The highest BCUT2D eigenvalue weighted by atomic mass is 32.1. The lowest BCUT2D eigenvalue weighted by Crippen LogP contribution is -2.42. The summed E-state index contributed by atoms with van der Waals surface area (Å²) in [6, 6.07) is 0. The molecule has 2 aliphatic rings. The Morgan fingerprint density at radius 3 is 2.83 bits per heavy atom. The minimum absolute atomic E-state index is 0.0252. The zero-order valence-electron chi connectivity index (χ0n) is 17.0. The van der Waals surface area contributed by atoms with E-state index >= 15 is 0 Å². The van der Waals surface area contributed by atoms with Crippen LogP contribution >= 0.6 is 11.3 Å². The van der Waals surface area contributed by atoms with Crippen LogP contribution in [0.25, 0.3) is 10.2 Å². The molecule has 156 valence electrons. The van der Waals surface area contributed by atoms with Crippen molar-refractivity contribution in [1.29, 1.82) is 0 Å². The second-order valence-electron chi connectivity index (χ2n) is 7.87. The number of aryl methyl sites for hydroxylation is 2. The van der Waals surface area contributed by atoms with Gasteiger partial charge >= 0.3 is 5.97 Å². The number of hydrogen-bond acceptors (Lipinski definition) is 6. The van der Waals surface area contributed by atoms with Crippen LogP contribution in [0.15, 0.2) is 4.79 Å². The second kappa shape index (κ2) is 8.26. The first kappa shape index (κ1) is 20.1. The lowest BCUT2D eigenvalue weighted by molar-refractivity contribution is -0.149. The number of esters is 1. The molecule has 0 aromatic carbocycles. The summed E-state index contributed by atoms with van der Waals surface area (Å²) in [6.07, 6.45) is 5.45. The van der Waals surface area contributed by atoms with E-state index in [1.165, 1.54) is 11.3 Å². The van der Waals surface area contributed by atoms with Gasteiger partial charge in [0, 0.05) is 26.1 Å². The molecule has 2 aliphatic heterocycles. The number of ether oxygens (including phenoxy) is 1. The summed E-state index contributed by atoms with van der Waals surface area (Å²) in [5.41, 5.74) is 0.688. The maximum atomic E-state index is 13.3. The first-order chi connectivity index (χ1) is 14.0. The van der Waals surface area contributed by atoms with Crippen molar-refractivity contribution < 1.29 is 14.3 Å². The van der Waals surface area contributed by atoms with Crippen LogP contribution in [0.4, 0.5) is 0 Å². The SMILES string of the molecule is CCOC(=O)[C@@H]1CCCN(C(=O)c2sc3nc4n(c(=O)c3c2C)CCCCC4)C1. The van der Waals surface area contributed by atoms with Crippen molar-refractivity contribution in [3.63, 3.8) is 0 Å². The summed E-state index contributed by atoms with van der Waals surface area (Å²) in [5, 5.41) is 0.572. The summed E-state index contributed by atoms with van der Waals surface area (Å²) in [7, 11) is 0. The average Bonchev–Trinajstić information content (AvgIpc) is 2.89. The van der Waals surface area contributed by atoms with Gasteiger partial charge in [0.25, 0.3) is 11.5 Å². The predicted molar refractivity (Wildman–Crippen MR) is 111 cm³/mol. The largest absolute Gasteiger partial charge is 0.466 e. The highest BCUT2D eigenvalue weighted by Crippen LogP contribution is 2.30. The van der Waals surface area contributed by atoms with Gasteiger partial charge < -0.3 is 9.64 Å². The van der Waals surface area contributed by atoms with Crippen LogP contribution < -0.4 is 5.56 Å². The van der Waals surface area contributed by atoms with Crippen molar-refractivity contribution in [2.75, 3.05) is 19.7 Å². The van der Waals surface area contributed by atoms with Crippen molar-refractivity contribution >= 4 is 33.4 Å². The van der Waals surface area contributed by atoms with Gasteiger partial charge in [-0.3, -0.25) is 19.0 Å². The van der Waals surface area contributed by atoms with E-state index in [2.05, 4.69) is 0 Å². The molecule has 29 heavy (non-hydrogen) atoms. The Kier molecular flexibility index (Phi) is 5.72. The molecule has 0 spiro atoms. The van der Waals surface area contributed by atoms with Crippen LogP contribution in [0, 0.1) is 12.8 Å². The van der Waals surface area contributed by atoms with Crippen LogP contribution in [-0.4, -0.2) is 46.0 Å². The summed E-state index contributed by atoms with van der Waals surface area (Å²) < 4.78 is 6.93. The van der Waals surface area contributed by atoms with Crippen molar-refractivity contribution in [3.05, 3.63) is 26.6 Å². The number of aromatic nitrogens is 2. The summed E-state index contributed by atoms with van der Waals surface area (Å²) >= 11 is 1.31. The third kappa shape index (κ3) is 3.70. The van der Waals surface area contributed by atoms with E-state index in [1.807, 2.05) is 6.92 Å². The van der Waals surface area contributed by atoms with Crippen LogP contribution in [0.1, 0.15) is 60.1 Å². The summed E-state index contributed by atoms with van der Waals surface area (Å²) in [6.45, 7) is 5.66. The molecule has 1 saturated heterocycles. The number of thiophene rings is 1. The normalized spacial score (nSPS) is 19.7. The molecule has 1 amide bonds. The summed E-state index contributed by atoms with van der Waals surface area (Å²) in [4.78, 5) is 46.2. The van der Waals surface area contributed by atoms with Crippen LogP contribution in [0.2, 0.25) is 0 Å². The Balaban J connectivity index is 1.66. The van der Waals surface area contributed by atoms with E-state index in [4.69, 9.17) is 9.72 Å².